The number of rotatable bonds is 5. The molecule has 0 spiro atoms. The molecule has 0 atom stereocenters. The molecule has 0 aliphatic heterocycles. The molecular weight excluding hydrogens is 204 g/mol. The van der Waals surface area contributed by atoms with Gasteiger partial charge >= 0.3 is 0 Å². The minimum Gasteiger partial charge on any atom is -0.383 e. The number of ether oxygens (including phenoxy) is 1. The fourth-order valence-electron chi connectivity index (χ4n) is 2.25. The molecule has 0 bridgehead atoms. The fourth-order valence-corrected chi connectivity index (χ4v) is 2.25. The molecular formula is C12H24N2O2. The molecule has 0 aromatic carbocycles. The average Bonchev–Trinajstić information content (AvgIpc) is 2.30. The highest BCUT2D eigenvalue weighted by molar-refractivity contribution is 5.78. The maximum absolute atomic E-state index is 12.2. The second kappa shape index (κ2) is 6.86. The molecule has 1 fully saturated rings. The number of nitrogens with two attached hydrogens (primary N) is 1. The third-order valence-electron chi connectivity index (χ3n) is 3.38. The van der Waals surface area contributed by atoms with Crippen LogP contribution in [0, 0.1) is 5.92 Å². The van der Waals surface area contributed by atoms with Crippen LogP contribution >= 0.6 is 0 Å². The van der Waals surface area contributed by atoms with E-state index in [4.69, 9.17) is 10.5 Å². The minimum atomic E-state index is 0.191. The van der Waals surface area contributed by atoms with Gasteiger partial charge in [0.15, 0.2) is 0 Å². The topological polar surface area (TPSA) is 55.6 Å². The first kappa shape index (κ1) is 13.5. The summed E-state index contributed by atoms with van der Waals surface area (Å²) < 4.78 is 5.01. The lowest BCUT2D eigenvalue weighted by Crippen LogP contribution is -2.40. The van der Waals surface area contributed by atoms with Gasteiger partial charge in [0, 0.05) is 32.2 Å². The smallest absolute Gasteiger partial charge is 0.225 e. The normalized spacial score (nSPS) is 25.4. The van der Waals surface area contributed by atoms with Crippen LogP contribution in [0.1, 0.15) is 32.6 Å². The molecule has 94 valence electrons. The van der Waals surface area contributed by atoms with Gasteiger partial charge < -0.3 is 15.4 Å². The van der Waals surface area contributed by atoms with Gasteiger partial charge in [0.2, 0.25) is 5.91 Å². The molecule has 0 radical (unpaired) electrons. The molecule has 1 aliphatic carbocycles. The van der Waals surface area contributed by atoms with Crippen LogP contribution in [0.5, 0.6) is 0 Å². The van der Waals surface area contributed by atoms with Gasteiger partial charge in [0.05, 0.1) is 6.61 Å². The molecule has 2 N–H and O–H groups in total. The lowest BCUT2D eigenvalue weighted by molar-refractivity contribution is -0.137. The lowest BCUT2D eigenvalue weighted by Gasteiger charge is -2.30. The van der Waals surface area contributed by atoms with E-state index in [9.17, 15) is 4.79 Å². The Kier molecular flexibility index (Phi) is 5.77. The Bertz CT molecular complexity index is 206. The molecule has 0 aromatic heterocycles. The zero-order valence-electron chi connectivity index (χ0n) is 10.4. The molecule has 0 unspecified atom stereocenters. The number of hydrogen-bond acceptors (Lipinski definition) is 3. The predicted molar refractivity (Wildman–Crippen MR) is 64.1 cm³/mol. The van der Waals surface area contributed by atoms with Gasteiger partial charge in [0.1, 0.15) is 0 Å². The Balaban J connectivity index is 2.41. The minimum absolute atomic E-state index is 0.191. The highest BCUT2D eigenvalue weighted by Crippen LogP contribution is 2.24. The van der Waals surface area contributed by atoms with Gasteiger partial charge in [-0.25, -0.2) is 0 Å². The standard InChI is InChI=1S/C12H24N2O2/c1-3-14(8-9-16-2)12(15)10-4-6-11(13)7-5-10/h10-11H,3-9,13H2,1-2H3. The van der Waals surface area contributed by atoms with Crippen LogP contribution in [0.3, 0.4) is 0 Å². The van der Waals surface area contributed by atoms with Crippen LogP contribution in [0.4, 0.5) is 0 Å². The first-order valence-corrected chi connectivity index (χ1v) is 6.22. The summed E-state index contributed by atoms with van der Waals surface area (Å²) in [4.78, 5) is 14.1. The summed E-state index contributed by atoms with van der Waals surface area (Å²) >= 11 is 0. The van der Waals surface area contributed by atoms with Crippen molar-refractivity contribution in [3.63, 3.8) is 0 Å². The Morgan fingerprint density at radius 3 is 2.50 bits per heavy atom. The van der Waals surface area contributed by atoms with E-state index in [1.807, 2.05) is 11.8 Å². The fraction of sp³-hybridized carbons (Fsp3) is 0.917. The molecule has 1 aliphatic rings. The second-order valence-corrected chi connectivity index (χ2v) is 4.52. The van der Waals surface area contributed by atoms with Crippen LogP contribution in [-0.2, 0) is 9.53 Å². The molecule has 1 rings (SSSR count). The SMILES string of the molecule is CCN(CCOC)C(=O)C1CCC(N)CC1. The Labute approximate surface area is 98.1 Å². The van der Waals surface area contributed by atoms with E-state index in [-0.39, 0.29) is 11.8 Å². The lowest BCUT2D eigenvalue weighted by atomic mass is 9.85. The van der Waals surface area contributed by atoms with Gasteiger partial charge in [-0.1, -0.05) is 0 Å². The average molecular weight is 228 g/mol. The molecule has 4 nitrogen and oxygen atoms in total. The molecule has 0 heterocycles. The third-order valence-corrected chi connectivity index (χ3v) is 3.38. The van der Waals surface area contributed by atoms with Crippen molar-refractivity contribution in [2.75, 3.05) is 26.8 Å². The van der Waals surface area contributed by atoms with Crippen LogP contribution < -0.4 is 5.73 Å². The number of amides is 1. The van der Waals surface area contributed by atoms with Crippen molar-refractivity contribution in [1.29, 1.82) is 0 Å². The predicted octanol–water partition coefficient (Wildman–Crippen LogP) is 0.999. The van der Waals surface area contributed by atoms with E-state index < -0.39 is 0 Å². The summed E-state index contributed by atoms with van der Waals surface area (Å²) in [7, 11) is 1.66. The number of methoxy groups -OCH3 is 1. The van der Waals surface area contributed by atoms with Crippen molar-refractivity contribution in [3.05, 3.63) is 0 Å². The highest BCUT2D eigenvalue weighted by Gasteiger charge is 2.27. The molecule has 4 heteroatoms. The van der Waals surface area contributed by atoms with E-state index in [2.05, 4.69) is 0 Å². The van der Waals surface area contributed by atoms with E-state index in [0.717, 1.165) is 32.2 Å². The molecule has 0 saturated heterocycles. The zero-order chi connectivity index (χ0) is 12.0. The number of hydrogen-bond donors (Lipinski definition) is 1. The van der Waals surface area contributed by atoms with Crippen molar-refractivity contribution in [1.82, 2.24) is 4.90 Å². The van der Waals surface area contributed by atoms with Crippen molar-refractivity contribution < 1.29 is 9.53 Å². The largest absolute Gasteiger partial charge is 0.383 e. The highest BCUT2D eigenvalue weighted by atomic mass is 16.5. The van der Waals surface area contributed by atoms with E-state index in [0.29, 0.717) is 19.2 Å². The summed E-state index contributed by atoms with van der Waals surface area (Å²) in [6.45, 7) is 4.10. The van der Waals surface area contributed by atoms with Gasteiger partial charge in [-0.3, -0.25) is 4.79 Å². The molecule has 16 heavy (non-hydrogen) atoms. The van der Waals surface area contributed by atoms with E-state index >= 15 is 0 Å². The van der Waals surface area contributed by atoms with Gasteiger partial charge in [-0.2, -0.15) is 0 Å². The second-order valence-electron chi connectivity index (χ2n) is 4.52. The maximum atomic E-state index is 12.2. The van der Waals surface area contributed by atoms with Gasteiger partial charge in [0.25, 0.3) is 0 Å². The van der Waals surface area contributed by atoms with Crippen LogP contribution in [0.2, 0.25) is 0 Å². The number of likely N-dealkylation sites (N-methyl/N-ethyl adjacent to an activating group) is 1. The zero-order valence-corrected chi connectivity index (χ0v) is 10.4. The summed E-state index contributed by atoms with van der Waals surface area (Å²) in [5.74, 6) is 0.475. The van der Waals surface area contributed by atoms with Gasteiger partial charge in [-0.15, -0.1) is 0 Å². The van der Waals surface area contributed by atoms with Crippen molar-refractivity contribution >= 4 is 5.91 Å². The van der Waals surface area contributed by atoms with Gasteiger partial charge in [-0.05, 0) is 32.6 Å². The van der Waals surface area contributed by atoms with E-state index in [1.165, 1.54) is 0 Å². The molecule has 1 amide bonds. The maximum Gasteiger partial charge on any atom is 0.225 e. The summed E-state index contributed by atoms with van der Waals surface area (Å²) in [5.41, 5.74) is 5.84. The Morgan fingerprint density at radius 2 is 2.00 bits per heavy atom. The van der Waals surface area contributed by atoms with Crippen molar-refractivity contribution in [2.24, 2.45) is 11.7 Å². The molecule has 0 aromatic rings. The first-order chi connectivity index (χ1) is 7.69. The van der Waals surface area contributed by atoms with Crippen molar-refractivity contribution in [2.45, 2.75) is 38.6 Å². The number of nitrogens with zero attached hydrogens (tertiary/aromatic N) is 1. The third kappa shape index (κ3) is 3.76. The number of carbonyl (C=O) groups excluding carboxylic acids is 1. The summed E-state index contributed by atoms with van der Waals surface area (Å²) in [6, 6.07) is 0.304. The monoisotopic (exact) mass is 228 g/mol. The quantitative estimate of drug-likeness (QED) is 0.763. The number of carbonyl (C=O) groups is 1. The first-order valence-electron chi connectivity index (χ1n) is 6.22. The van der Waals surface area contributed by atoms with Crippen LogP contribution in [0.15, 0.2) is 0 Å². The van der Waals surface area contributed by atoms with Crippen LogP contribution in [0.25, 0.3) is 0 Å². The van der Waals surface area contributed by atoms with Crippen molar-refractivity contribution in [3.8, 4) is 0 Å². The Morgan fingerprint density at radius 1 is 1.38 bits per heavy atom. The summed E-state index contributed by atoms with van der Waals surface area (Å²) in [6.07, 6.45) is 3.86. The van der Waals surface area contributed by atoms with Crippen LogP contribution in [-0.4, -0.2) is 43.7 Å². The summed E-state index contributed by atoms with van der Waals surface area (Å²) in [5, 5.41) is 0. The Hall–Kier alpha value is -0.610. The molecule has 1 saturated carbocycles. The van der Waals surface area contributed by atoms with E-state index in [1.54, 1.807) is 7.11 Å².